The normalized spacial score (nSPS) is 21.6. The van der Waals surface area contributed by atoms with Gasteiger partial charge in [0.1, 0.15) is 0 Å². The topological polar surface area (TPSA) is 42.1 Å². The second-order valence-corrected chi connectivity index (χ2v) is 6.48. The molecule has 0 aliphatic carbocycles. The van der Waals surface area contributed by atoms with Crippen LogP contribution >= 0.6 is 0 Å². The maximum absolute atomic E-state index is 6.08. The highest BCUT2D eigenvalue weighted by atomic mass is 15.1. The number of aryl methyl sites for hydroxylation is 1. The van der Waals surface area contributed by atoms with Crippen LogP contribution in [0.15, 0.2) is 30.3 Å². The maximum atomic E-state index is 6.08. The SMILES string of the molecule is Cc1ccc2cc(CN3CCCC(C(C)N)C3)ccc2n1. The quantitative estimate of drug-likeness (QED) is 0.941. The van der Waals surface area contributed by atoms with Crippen molar-refractivity contribution in [1.82, 2.24) is 9.88 Å². The predicted molar refractivity (Wildman–Crippen MR) is 88.1 cm³/mol. The van der Waals surface area contributed by atoms with E-state index in [2.05, 4.69) is 47.1 Å². The fraction of sp³-hybridized carbons (Fsp3) is 0.500. The summed E-state index contributed by atoms with van der Waals surface area (Å²) < 4.78 is 0. The van der Waals surface area contributed by atoms with Crippen LogP contribution in [0.25, 0.3) is 10.9 Å². The number of hydrogen-bond acceptors (Lipinski definition) is 3. The van der Waals surface area contributed by atoms with Crippen LogP contribution in [0, 0.1) is 12.8 Å². The van der Waals surface area contributed by atoms with Crippen molar-refractivity contribution in [2.45, 2.75) is 39.3 Å². The lowest BCUT2D eigenvalue weighted by molar-refractivity contribution is 0.154. The number of rotatable bonds is 3. The van der Waals surface area contributed by atoms with E-state index in [1.54, 1.807) is 0 Å². The number of pyridine rings is 1. The van der Waals surface area contributed by atoms with Crippen LogP contribution in [0.2, 0.25) is 0 Å². The number of fused-ring (bicyclic) bond motifs is 1. The summed E-state index contributed by atoms with van der Waals surface area (Å²) in [5.74, 6) is 0.642. The van der Waals surface area contributed by atoms with Gasteiger partial charge in [-0.15, -0.1) is 0 Å². The molecule has 2 atom stereocenters. The third-order valence-electron chi connectivity index (χ3n) is 4.58. The van der Waals surface area contributed by atoms with Gasteiger partial charge in [-0.1, -0.05) is 12.1 Å². The zero-order valence-corrected chi connectivity index (χ0v) is 13.0. The number of aromatic nitrogens is 1. The molecule has 0 saturated carbocycles. The number of piperidine rings is 1. The molecule has 112 valence electrons. The van der Waals surface area contributed by atoms with Gasteiger partial charge in [-0.25, -0.2) is 0 Å². The molecule has 1 saturated heterocycles. The molecule has 3 rings (SSSR count). The van der Waals surface area contributed by atoms with E-state index < -0.39 is 0 Å². The van der Waals surface area contributed by atoms with Crippen LogP contribution in [0.4, 0.5) is 0 Å². The Hall–Kier alpha value is -1.45. The average Bonchev–Trinajstić information content (AvgIpc) is 2.48. The van der Waals surface area contributed by atoms with Crippen molar-refractivity contribution in [1.29, 1.82) is 0 Å². The third kappa shape index (κ3) is 3.42. The van der Waals surface area contributed by atoms with Crippen molar-refractivity contribution in [2.24, 2.45) is 11.7 Å². The first-order chi connectivity index (χ1) is 10.1. The molecule has 1 aromatic heterocycles. The van der Waals surface area contributed by atoms with Crippen molar-refractivity contribution in [3.63, 3.8) is 0 Å². The van der Waals surface area contributed by atoms with E-state index in [0.29, 0.717) is 12.0 Å². The summed E-state index contributed by atoms with van der Waals surface area (Å²) in [4.78, 5) is 7.11. The summed E-state index contributed by atoms with van der Waals surface area (Å²) in [5.41, 5.74) is 9.61. The fourth-order valence-electron chi connectivity index (χ4n) is 3.30. The molecule has 2 unspecified atom stereocenters. The third-order valence-corrected chi connectivity index (χ3v) is 4.58. The molecule has 1 aromatic carbocycles. The van der Waals surface area contributed by atoms with Gasteiger partial charge < -0.3 is 5.73 Å². The molecule has 2 N–H and O–H groups in total. The van der Waals surface area contributed by atoms with E-state index in [1.165, 1.54) is 30.3 Å². The summed E-state index contributed by atoms with van der Waals surface area (Å²) in [6.07, 6.45) is 2.54. The van der Waals surface area contributed by atoms with Gasteiger partial charge in [0.15, 0.2) is 0 Å². The van der Waals surface area contributed by atoms with Crippen LogP contribution in [0.5, 0.6) is 0 Å². The summed E-state index contributed by atoms with van der Waals surface area (Å²) in [6, 6.07) is 11.2. The molecule has 2 heterocycles. The molecule has 0 radical (unpaired) electrons. The average molecular weight is 283 g/mol. The van der Waals surface area contributed by atoms with Gasteiger partial charge in [0.2, 0.25) is 0 Å². The van der Waals surface area contributed by atoms with Gasteiger partial charge in [0.05, 0.1) is 5.52 Å². The van der Waals surface area contributed by atoms with Crippen LogP contribution in [0.1, 0.15) is 31.0 Å². The van der Waals surface area contributed by atoms with Crippen molar-refractivity contribution in [3.05, 3.63) is 41.6 Å². The van der Waals surface area contributed by atoms with Gasteiger partial charge in [0, 0.05) is 30.2 Å². The van der Waals surface area contributed by atoms with E-state index in [-0.39, 0.29) is 0 Å². The van der Waals surface area contributed by atoms with Gasteiger partial charge >= 0.3 is 0 Å². The standard InChI is InChI=1S/C18H25N3/c1-13-5-7-16-10-15(6-8-18(16)20-13)11-21-9-3-4-17(12-21)14(2)19/h5-8,10,14,17H,3-4,9,11-12,19H2,1-2H3. The molecular formula is C18H25N3. The predicted octanol–water partition coefficient (Wildman–Crippen LogP) is 3.10. The Morgan fingerprint density at radius 2 is 2.19 bits per heavy atom. The van der Waals surface area contributed by atoms with Crippen LogP contribution in [0.3, 0.4) is 0 Å². The smallest absolute Gasteiger partial charge is 0.0705 e. The second-order valence-electron chi connectivity index (χ2n) is 6.48. The number of benzene rings is 1. The molecule has 21 heavy (non-hydrogen) atoms. The molecule has 3 nitrogen and oxygen atoms in total. The lowest BCUT2D eigenvalue weighted by Gasteiger charge is -2.34. The minimum atomic E-state index is 0.302. The van der Waals surface area contributed by atoms with E-state index in [0.717, 1.165) is 24.3 Å². The summed E-state index contributed by atoms with van der Waals surface area (Å²) in [6.45, 7) is 7.51. The molecule has 1 fully saturated rings. The van der Waals surface area contributed by atoms with Crippen molar-refractivity contribution >= 4 is 10.9 Å². The van der Waals surface area contributed by atoms with Gasteiger partial charge in [0.25, 0.3) is 0 Å². The van der Waals surface area contributed by atoms with Gasteiger partial charge in [-0.05, 0) is 62.9 Å². The minimum absolute atomic E-state index is 0.302. The largest absolute Gasteiger partial charge is 0.328 e. The zero-order chi connectivity index (χ0) is 14.8. The summed E-state index contributed by atoms with van der Waals surface area (Å²) in [5, 5.41) is 1.24. The Kier molecular flexibility index (Phi) is 4.22. The zero-order valence-electron chi connectivity index (χ0n) is 13.0. The Morgan fingerprint density at radius 1 is 1.33 bits per heavy atom. The van der Waals surface area contributed by atoms with Crippen LogP contribution in [-0.4, -0.2) is 29.0 Å². The van der Waals surface area contributed by atoms with Crippen molar-refractivity contribution in [3.8, 4) is 0 Å². The maximum Gasteiger partial charge on any atom is 0.0705 e. The Morgan fingerprint density at radius 3 is 3.00 bits per heavy atom. The molecule has 2 aromatic rings. The molecule has 0 spiro atoms. The first-order valence-electron chi connectivity index (χ1n) is 7.96. The number of nitrogens with zero attached hydrogens (tertiary/aromatic N) is 2. The number of nitrogens with two attached hydrogens (primary N) is 1. The van der Waals surface area contributed by atoms with Gasteiger partial charge in [-0.2, -0.15) is 0 Å². The second kappa shape index (κ2) is 6.12. The Balaban J connectivity index is 1.74. The van der Waals surface area contributed by atoms with E-state index in [1.807, 2.05) is 6.92 Å². The first kappa shape index (κ1) is 14.5. The molecule has 3 heteroatoms. The number of hydrogen-bond donors (Lipinski definition) is 1. The molecule has 0 bridgehead atoms. The monoisotopic (exact) mass is 283 g/mol. The van der Waals surface area contributed by atoms with Crippen LogP contribution < -0.4 is 5.73 Å². The van der Waals surface area contributed by atoms with Gasteiger partial charge in [-0.3, -0.25) is 9.88 Å². The highest BCUT2D eigenvalue weighted by Gasteiger charge is 2.22. The molecule has 1 aliphatic heterocycles. The molecular weight excluding hydrogens is 258 g/mol. The minimum Gasteiger partial charge on any atom is -0.328 e. The highest BCUT2D eigenvalue weighted by Crippen LogP contribution is 2.22. The number of likely N-dealkylation sites (tertiary alicyclic amines) is 1. The van der Waals surface area contributed by atoms with E-state index >= 15 is 0 Å². The fourth-order valence-corrected chi connectivity index (χ4v) is 3.30. The lowest BCUT2D eigenvalue weighted by Crippen LogP contribution is -2.41. The Labute approximate surface area is 127 Å². The first-order valence-corrected chi connectivity index (χ1v) is 7.96. The summed E-state index contributed by atoms with van der Waals surface area (Å²) in [7, 11) is 0. The van der Waals surface area contributed by atoms with Crippen molar-refractivity contribution < 1.29 is 0 Å². The van der Waals surface area contributed by atoms with Crippen LogP contribution in [-0.2, 0) is 6.54 Å². The molecule has 1 aliphatic rings. The van der Waals surface area contributed by atoms with E-state index in [9.17, 15) is 0 Å². The molecule has 0 amide bonds. The lowest BCUT2D eigenvalue weighted by atomic mass is 9.92. The van der Waals surface area contributed by atoms with E-state index in [4.69, 9.17) is 5.73 Å². The Bertz CT molecular complexity index is 621. The highest BCUT2D eigenvalue weighted by molar-refractivity contribution is 5.79. The summed E-state index contributed by atoms with van der Waals surface area (Å²) >= 11 is 0. The van der Waals surface area contributed by atoms with Crippen molar-refractivity contribution in [2.75, 3.05) is 13.1 Å².